The number of thioether (sulfide) groups is 1. The molecule has 0 radical (unpaired) electrons. The van der Waals surface area contributed by atoms with Crippen molar-refractivity contribution in [2.24, 2.45) is 0 Å². The number of ether oxygens (including phenoxy) is 1. The Hall–Kier alpha value is -3.39. The van der Waals surface area contributed by atoms with E-state index in [9.17, 15) is 14.0 Å². The second-order valence-electron chi connectivity index (χ2n) is 6.96. The van der Waals surface area contributed by atoms with Gasteiger partial charge in [0.15, 0.2) is 5.16 Å². The van der Waals surface area contributed by atoms with Gasteiger partial charge in [-0.1, -0.05) is 60.8 Å². The number of benzene rings is 2. The van der Waals surface area contributed by atoms with E-state index in [1.165, 1.54) is 17.8 Å². The lowest BCUT2D eigenvalue weighted by Crippen LogP contribution is -2.31. The van der Waals surface area contributed by atoms with Crippen LogP contribution in [0.5, 0.6) is 5.75 Å². The molecule has 1 aliphatic heterocycles. The zero-order valence-corrected chi connectivity index (χ0v) is 17.4. The summed E-state index contributed by atoms with van der Waals surface area (Å²) in [7, 11) is 0. The largest absolute Gasteiger partial charge is 0.489 e. The highest BCUT2D eigenvalue weighted by molar-refractivity contribution is 7.98. The molecule has 0 aliphatic carbocycles. The minimum atomic E-state index is -0.494. The molecule has 1 aromatic heterocycles. The van der Waals surface area contributed by atoms with Crippen molar-refractivity contribution in [3.05, 3.63) is 94.0 Å². The molecule has 1 atom stereocenters. The number of amides is 1. The number of rotatable bonds is 7. The van der Waals surface area contributed by atoms with Gasteiger partial charge in [-0.3, -0.25) is 9.59 Å². The molecule has 31 heavy (non-hydrogen) atoms. The summed E-state index contributed by atoms with van der Waals surface area (Å²) in [6.45, 7) is 3.96. The number of hydrogen-bond donors (Lipinski definition) is 2. The molecule has 0 unspecified atom stereocenters. The first-order valence-electron chi connectivity index (χ1n) is 9.69. The van der Waals surface area contributed by atoms with E-state index in [-0.39, 0.29) is 29.5 Å². The summed E-state index contributed by atoms with van der Waals surface area (Å²) in [5.41, 5.74) is 1.27. The molecular formula is C23H20FN3O3S. The van der Waals surface area contributed by atoms with E-state index in [2.05, 4.69) is 21.9 Å². The number of fused-ring (bicyclic) bond motifs is 1. The summed E-state index contributed by atoms with van der Waals surface area (Å²) in [4.78, 5) is 32.6. The van der Waals surface area contributed by atoms with E-state index >= 15 is 0 Å². The van der Waals surface area contributed by atoms with Crippen molar-refractivity contribution in [1.29, 1.82) is 0 Å². The maximum Gasteiger partial charge on any atom is 0.257 e. The van der Waals surface area contributed by atoms with E-state index in [1.807, 2.05) is 18.2 Å². The lowest BCUT2D eigenvalue weighted by Gasteiger charge is -2.26. The molecule has 0 saturated heterocycles. The van der Waals surface area contributed by atoms with Gasteiger partial charge in [0.25, 0.3) is 5.56 Å². The van der Waals surface area contributed by atoms with Gasteiger partial charge in [0, 0.05) is 23.7 Å². The average molecular weight is 437 g/mol. The van der Waals surface area contributed by atoms with Crippen LogP contribution in [0, 0.1) is 5.82 Å². The van der Waals surface area contributed by atoms with Crippen LogP contribution in [0.4, 0.5) is 10.2 Å². The van der Waals surface area contributed by atoms with E-state index in [1.54, 1.807) is 30.3 Å². The molecule has 2 aromatic carbocycles. The molecule has 3 aromatic rings. The van der Waals surface area contributed by atoms with Crippen molar-refractivity contribution >= 4 is 23.5 Å². The molecule has 2 N–H and O–H groups in total. The van der Waals surface area contributed by atoms with E-state index in [0.29, 0.717) is 34.4 Å². The van der Waals surface area contributed by atoms with Crippen molar-refractivity contribution in [2.75, 3.05) is 11.9 Å². The van der Waals surface area contributed by atoms with Crippen molar-refractivity contribution in [3.8, 4) is 5.75 Å². The fraction of sp³-hybridized carbons (Fsp3) is 0.174. The van der Waals surface area contributed by atoms with E-state index in [0.717, 1.165) is 5.56 Å². The second-order valence-corrected chi connectivity index (χ2v) is 7.92. The third-order valence-electron chi connectivity index (χ3n) is 4.90. The number of hydrogen-bond acceptors (Lipinski definition) is 5. The molecule has 4 rings (SSSR count). The van der Waals surface area contributed by atoms with Crippen LogP contribution in [-0.2, 0) is 10.5 Å². The zero-order chi connectivity index (χ0) is 21.8. The monoisotopic (exact) mass is 437 g/mol. The number of carbonyl (C=O) groups is 1. The number of halogens is 1. The average Bonchev–Trinajstić information content (AvgIpc) is 2.76. The topological polar surface area (TPSA) is 84.1 Å². The summed E-state index contributed by atoms with van der Waals surface area (Å²) in [5.74, 6) is 0.0555. The van der Waals surface area contributed by atoms with Gasteiger partial charge in [-0.2, -0.15) is 0 Å². The molecular weight excluding hydrogens is 417 g/mol. The Morgan fingerprint density at radius 2 is 1.97 bits per heavy atom. The fourth-order valence-corrected chi connectivity index (χ4v) is 4.34. The lowest BCUT2D eigenvalue weighted by molar-refractivity contribution is -0.116. The smallest absolute Gasteiger partial charge is 0.257 e. The number of nitrogens with one attached hydrogen (secondary N) is 2. The van der Waals surface area contributed by atoms with Gasteiger partial charge in [-0.05, 0) is 17.7 Å². The van der Waals surface area contributed by atoms with Gasteiger partial charge in [0.05, 0.1) is 5.56 Å². The van der Waals surface area contributed by atoms with Gasteiger partial charge in [0.2, 0.25) is 5.91 Å². The normalized spacial score (nSPS) is 15.1. The number of carbonyl (C=O) groups excluding carboxylic acids is 1. The van der Waals surface area contributed by atoms with Crippen molar-refractivity contribution in [2.45, 2.75) is 23.2 Å². The van der Waals surface area contributed by atoms with Gasteiger partial charge >= 0.3 is 0 Å². The van der Waals surface area contributed by atoms with Crippen molar-refractivity contribution in [3.63, 3.8) is 0 Å². The number of aromatic amines is 1. The van der Waals surface area contributed by atoms with Gasteiger partial charge in [-0.15, -0.1) is 0 Å². The first-order chi connectivity index (χ1) is 15.1. The lowest BCUT2D eigenvalue weighted by atomic mass is 9.86. The number of nitrogens with zero attached hydrogens (tertiary/aromatic N) is 1. The summed E-state index contributed by atoms with van der Waals surface area (Å²) in [6, 6.07) is 13.7. The van der Waals surface area contributed by atoms with Crippen LogP contribution in [0.2, 0.25) is 0 Å². The highest BCUT2D eigenvalue weighted by Gasteiger charge is 2.32. The molecule has 0 saturated carbocycles. The van der Waals surface area contributed by atoms with Crippen LogP contribution >= 0.6 is 11.8 Å². The highest BCUT2D eigenvalue weighted by atomic mass is 32.2. The molecule has 1 aliphatic rings. The van der Waals surface area contributed by atoms with E-state index < -0.39 is 5.92 Å². The molecule has 2 heterocycles. The predicted molar refractivity (Wildman–Crippen MR) is 118 cm³/mol. The number of H-pyrrole nitrogens is 1. The highest BCUT2D eigenvalue weighted by Crippen LogP contribution is 2.38. The van der Waals surface area contributed by atoms with Crippen LogP contribution in [0.15, 0.2) is 71.1 Å². The molecule has 1 amide bonds. The first kappa shape index (κ1) is 20.9. The third-order valence-corrected chi connectivity index (χ3v) is 5.82. The number of aromatic nitrogens is 2. The Kier molecular flexibility index (Phi) is 6.18. The standard InChI is InChI=1S/C23H20FN3O3S/c1-2-11-30-18-10-6-4-8-15(18)16-12-19(28)25-21-20(16)22(29)27-23(26-21)31-13-14-7-3-5-9-17(14)24/h2-10,16H,1,11-13H2,(H2,25,26,27,28,29)/t16-/m0/s1. The number of anilines is 1. The molecule has 0 spiro atoms. The maximum absolute atomic E-state index is 13.9. The minimum Gasteiger partial charge on any atom is -0.489 e. The Morgan fingerprint density at radius 1 is 1.19 bits per heavy atom. The minimum absolute atomic E-state index is 0.105. The molecule has 0 bridgehead atoms. The van der Waals surface area contributed by atoms with Crippen LogP contribution in [0.3, 0.4) is 0 Å². The Labute approximate surface area is 182 Å². The molecule has 0 fully saturated rings. The van der Waals surface area contributed by atoms with Gasteiger partial charge in [0.1, 0.15) is 24.0 Å². The molecule has 8 heteroatoms. The Morgan fingerprint density at radius 3 is 2.77 bits per heavy atom. The molecule has 158 valence electrons. The SMILES string of the molecule is C=CCOc1ccccc1[C@@H]1CC(=O)Nc2nc(SCc3ccccc3F)[nH]c(=O)c21. The van der Waals surface area contributed by atoms with Crippen molar-refractivity contribution in [1.82, 2.24) is 9.97 Å². The van der Waals surface area contributed by atoms with Crippen molar-refractivity contribution < 1.29 is 13.9 Å². The quantitative estimate of drug-likeness (QED) is 0.328. The van der Waals surface area contributed by atoms with Crippen LogP contribution in [-0.4, -0.2) is 22.5 Å². The summed E-state index contributed by atoms with van der Waals surface area (Å²) >= 11 is 1.19. The van der Waals surface area contributed by atoms with Gasteiger partial charge in [-0.25, -0.2) is 9.37 Å². The Balaban J connectivity index is 1.67. The second kappa shape index (κ2) is 9.18. The zero-order valence-electron chi connectivity index (χ0n) is 16.6. The van der Waals surface area contributed by atoms with Crippen LogP contribution in [0.1, 0.15) is 29.0 Å². The molecule has 6 nitrogen and oxygen atoms in total. The first-order valence-corrected chi connectivity index (χ1v) is 10.7. The summed E-state index contributed by atoms with van der Waals surface area (Å²) < 4.78 is 19.6. The summed E-state index contributed by atoms with van der Waals surface area (Å²) in [5, 5.41) is 3.01. The summed E-state index contributed by atoms with van der Waals surface area (Å²) in [6.07, 6.45) is 1.74. The van der Waals surface area contributed by atoms with E-state index in [4.69, 9.17) is 4.74 Å². The third kappa shape index (κ3) is 4.54. The fourth-order valence-electron chi connectivity index (χ4n) is 3.49. The maximum atomic E-state index is 13.9. The van der Waals surface area contributed by atoms with Gasteiger partial charge < -0.3 is 15.0 Å². The number of para-hydroxylation sites is 1. The predicted octanol–water partition coefficient (Wildman–Crippen LogP) is 4.24. The Bertz CT molecular complexity index is 1190. The van der Waals surface area contributed by atoms with Crippen LogP contribution < -0.4 is 15.6 Å². The van der Waals surface area contributed by atoms with Crippen LogP contribution in [0.25, 0.3) is 0 Å².